The second-order valence-electron chi connectivity index (χ2n) is 5.56. The second kappa shape index (κ2) is 11.0. The van der Waals surface area contributed by atoms with Crippen molar-refractivity contribution >= 4 is 35.8 Å². The lowest BCUT2D eigenvalue weighted by Gasteiger charge is -2.27. The summed E-state index contributed by atoms with van der Waals surface area (Å²) >= 11 is 0. The van der Waals surface area contributed by atoms with Gasteiger partial charge in [-0.25, -0.2) is 0 Å². The number of esters is 4. The molecule has 0 aromatic carbocycles. The molecule has 0 saturated heterocycles. The maximum absolute atomic E-state index is 12.3. The lowest BCUT2D eigenvalue weighted by Crippen LogP contribution is -2.36. The molecule has 0 aromatic heterocycles. The van der Waals surface area contributed by atoms with Crippen LogP contribution in [0.25, 0.3) is 0 Å². The Bertz CT molecular complexity index is 574. The molecule has 10 heteroatoms. The Morgan fingerprint density at radius 1 is 0.692 bits per heavy atom. The van der Waals surface area contributed by atoms with Crippen LogP contribution in [0.2, 0.25) is 0 Å². The number of carbonyl (C=O) groups excluding carboxylic acids is 4. The molecule has 0 aliphatic rings. The zero-order valence-corrected chi connectivity index (χ0v) is 14.6. The van der Waals surface area contributed by atoms with E-state index in [-0.39, 0.29) is 12.8 Å². The summed E-state index contributed by atoms with van der Waals surface area (Å²) in [5.41, 5.74) is -1.41. The van der Waals surface area contributed by atoms with Gasteiger partial charge < -0.3 is 19.7 Å². The van der Waals surface area contributed by atoms with Crippen molar-refractivity contribution in [3.8, 4) is 0 Å². The van der Waals surface area contributed by atoms with Crippen LogP contribution in [0.4, 0.5) is 0 Å². The number of hydrogen-bond donors (Lipinski definition) is 2. The van der Waals surface area contributed by atoms with Gasteiger partial charge in [0.15, 0.2) is 0 Å². The Kier molecular flexibility index (Phi) is 9.78. The van der Waals surface area contributed by atoms with E-state index in [9.17, 15) is 28.8 Å². The van der Waals surface area contributed by atoms with Gasteiger partial charge in [0.05, 0.1) is 37.5 Å². The average molecular weight is 374 g/mol. The highest BCUT2D eigenvalue weighted by molar-refractivity contribution is 5.94. The molecule has 0 rings (SSSR count). The minimum absolute atomic E-state index is 0.104. The number of ether oxygens (including phenoxy) is 2. The number of carbonyl (C=O) groups is 6. The van der Waals surface area contributed by atoms with Crippen LogP contribution >= 0.6 is 0 Å². The highest BCUT2D eigenvalue weighted by Crippen LogP contribution is 2.33. The lowest BCUT2D eigenvalue weighted by atomic mass is 9.79. The van der Waals surface area contributed by atoms with Crippen LogP contribution in [0.5, 0.6) is 0 Å². The van der Waals surface area contributed by atoms with E-state index in [1.54, 1.807) is 13.8 Å². The molecule has 0 saturated carbocycles. The van der Waals surface area contributed by atoms with Crippen molar-refractivity contribution in [2.75, 3.05) is 0 Å². The molecule has 146 valence electrons. The summed E-state index contributed by atoms with van der Waals surface area (Å²) in [6.45, 7) is 3.15. The third-order valence-corrected chi connectivity index (χ3v) is 3.79. The van der Waals surface area contributed by atoms with Crippen molar-refractivity contribution < 1.29 is 48.5 Å². The van der Waals surface area contributed by atoms with E-state index in [0.29, 0.717) is 0 Å². The van der Waals surface area contributed by atoms with E-state index in [1.165, 1.54) is 0 Å². The highest BCUT2D eigenvalue weighted by atomic mass is 16.6. The van der Waals surface area contributed by atoms with Crippen molar-refractivity contribution in [3.63, 3.8) is 0 Å². The van der Waals surface area contributed by atoms with Crippen LogP contribution < -0.4 is 0 Å². The second-order valence-corrected chi connectivity index (χ2v) is 5.56. The Hall–Kier alpha value is -2.78. The van der Waals surface area contributed by atoms with Crippen LogP contribution in [-0.2, 0) is 38.2 Å². The van der Waals surface area contributed by atoms with E-state index in [4.69, 9.17) is 10.2 Å². The Morgan fingerprint density at radius 2 is 1.12 bits per heavy atom. The summed E-state index contributed by atoms with van der Waals surface area (Å²) in [6, 6.07) is 0. The van der Waals surface area contributed by atoms with Gasteiger partial charge in [-0.05, 0) is 12.8 Å². The third kappa shape index (κ3) is 8.36. The maximum Gasteiger partial charge on any atom is 0.320 e. The quantitative estimate of drug-likeness (QED) is 0.395. The van der Waals surface area contributed by atoms with Crippen LogP contribution in [-0.4, -0.2) is 46.0 Å². The van der Waals surface area contributed by atoms with Crippen LogP contribution in [0, 0.1) is 5.41 Å². The number of rotatable bonds is 11. The SMILES string of the molecule is CCC(CC)(CC(=O)OC(=O)CCC(=O)O)C(=O)OC(=O)CCC(=O)O. The van der Waals surface area contributed by atoms with Crippen molar-refractivity contribution in [2.45, 2.75) is 58.8 Å². The van der Waals surface area contributed by atoms with Crippen molar-refractivity contribution in [1.29, 1.82) is 0 Å². The predicted molar refractivity (Wildman–Crippen MR) is 83.6 cm³/mol. The lowest BCUT2D eigenvalue weighted by molar-refractivity contribution is -0.174. The molecule has 0 aliphatic carbocycles. The molecule has 0 radical (unpaired) electrons. The Labute approximate surface area is 149 Å². The van der Waals surface area contributed by atoms with E-state index >= 15 is 0 Å². The van der Waals surface area contributed by atoms with Gasteiger partial charge in [0.2, 0.25) is 0 Å². The smallest absolute Gasteiger partial charge is 0.320 e. The first-order valence-electron chi connectivity index (χ1n) is 7.98. The molecule has 0 spiro atoms. The summed E-state index contributed by atoms with van der Waals surface area (Å²) in [5.74, 6) is -6.57. The van der Waals surface area contributed by atoms with Gasteiger partial charge in [-0.1, -0.05) is 13.8 Å². The van der Waals surface area contributed by atoms with Crippen LogP contribution in [0.1, 0.15) is 58.8 Å². The van der Waals surface area contributed by atoms with Gasteiger partial charge in [0, 0.05) is 0 Å². The molecule has 0 bridgehead atoms. The predicted octanol–water partition coefficient (Wildman–Crippen LogP) is 1.05. The maximum atomic E-state index is 12.3. The van der Waals surface area contributed by atoms with Gasteiger partial charge in [0.25, 0.3) is 0 Å². The number of hydrogen-bond acceptors (Lipinski definition) is 8. The molecule has 0 atom stereocenters. The molecule has 0 aliphatic heterocycles. The van der Waals surface area contributed by atoms with Crippen molar-refractivity contribution in [1.82, 2.24) is 0 Å². The van der Waals surface area contributed by atoms with Crippen LogP contribution in [0.15, 0.2) is 0 Å². The Balaban J connectivity index is 4.85. The van der Waals surface area contributed by atoms with E-state index in [0.717, 1.165) is 0 Å². The summed E-state index contributed by atoms with van der Waals surface area (Å²) in [5, 5.41) is 17.0. The molecule has 0 amide bonds. The van der Waals surface area contributed by atoms with Gasteiger partial charge in [-0.2, -0.15) is 0 Å². The summed E-state index contributed by atoms with van der Waals surface area (Å²) in [4.78, 5) is 67.8. The molecule has 0 heterocycles. The monoisotopic (exact) mass is 374 g/mol. The molecule has 26 heavy (non-hydrogen) atoms. The fourth-order valence-corrected chi connectivity index (χ4v) is 2.03. The van der Waals surface area contributed by atoms with E-state index in [1.807, 2.05) is 0 Å². The first-order valence-corrected chi connectivity index (χ1v) is 7.98. The standard InChI is InChI=1S/C16H22O10/c1-3-16(4-2,15(24)26-13(22)8-6-11(19)20)9-14(23)25-12(21)7-5-10(17)18/h3-9H2,1-2H3,(H,17,18)(H,19,20). The van der Waals surface area contributed by atoms with E-state index in [2.05, 4.69) is 9.47 Å². The fraction of sp³-hybridized carbons (Fsp3) is 0.625. The number of carboxylic acid groups (broad SMARTS) is 2. The van der Waals surface area contributed by atoms with Crippen molar-refractivity contribution in [3.05, 3.63) is 0 Å². The number of aliphatic carboxylic acids is 2. The highest BCUT2D eigenvalue weighted by Gasteiger charge is 2.41. The van der Waals surface area contributed by atoms with E-state index < -0.39 is 73.3 Å². The number of carboxylic acids is 2. The molecule has 0 aromatic rings. The fourth-order valence-electron chi connectivity index (χ4n) is 2.03. The minimum atomic E-state index is -1.41. The van der Waals surface area contributed by atoms with Gasteiger partial charge in [-0.3, -0.25) is 28.8 Å². The molecule has 2 N–H and O–H groups in total. The van der Waals surface area contributed by atoms with Gasteiger partial charge >= 0.3 is 35.8 Å². The Morgan fingerprint density at radius 3 is 1.50 bits per heavy atom. The zero-order chi connectivity index (χ0) is 20.3. The summed E-state index contributed by atoms with van der Waals surface area (Å²) < 4.78 is 9.10. The first-order chi connectivity index (χ1) is 12.1. The molecular weight excluding hydrogens is 352 g/mol. The molecule has 0 fully saturated rings. The molecule has 10 nitrogen and oxygen atoms in total. The summed E-state index contributed by atoms with van der Waals surface area (Å²) in [7, 11) is 0. The van der Waals surface area contributed by atoms with Gasteiger partial charge in [0.1, 0.15) is 0 Å². The zero-order valence-electron chi connectivity index (χ0n) is 14.6. The molecular formula is C16H22O10. The van der Waals surface area contributed by atoms with Crippen molar-refractivity contribution in [2.24, 2.45) is 5.41 Å². The average Bonchev–Trinajstić information content (AvgIpc) is 2.55. The largest absolute Gasteiger partial charge is 0.481 e. The summed E-state index contributed by atoms with van der Waals surface area (Å²) in [6.07, 6.45) is -2.33. The first kappa shape index (κ1) is 23.2. The van der Waals surface area contributed by atoms with Gasteiger partial charge in [-0.15, -0.1) is 0 Å². The normalized spacial score (nSPS) is 10.7. The topological polar surface area (TPSA) is 161 Å². The molecule has 0 unspecified atom stereocenters. The van der Waals surface area contributed by atoms with Crippen LogP contribution in [0.3, 0.4) is 0 Å². The third-order valence-electron chi connectivity index (χ3n) is 3.79. The minimum Gasteiger partial charge on any atom is -0.481 e.